The van der Waals surface area contributed by atoms with Gasteiger partial charge in [-0.05, 0) is 54.3 Å². The molecule has 3 rings (SSSR count). The smallest absolute Gasteiger partial charge is 0.0146 e. The van der Waals surface area contributed by atoms with Gasteiger partial charge in [0.2, 0.25) is 0 Å². The molecular weight excluding hydrogens is 314 g/mol. The second-order valence-electron chi connectivity index (χ2n) is 9.00. The Morgan fingerprint density at radius 3 is 2.31 bits per heavy atom. The highest BCUT2D eigenvalue weighted by Gasteiger charge is 2.23. The third-order valence-corrected chi connectivity index (χ3v) is 6.07. The molecule has 1 aliphatic heterocycles. The summed E-state index contributed by atoms with van der Waals surface area (Å²) in [6.45, 7) is 13.2. The Balaban J connectivity index is 1.60. The number of hydrogen-bond donors (Lipinski definition) is 0. The molecule has 2 aromatic rings. The molecule has 1 aliphatic rings. The molecule has 0 aliphatic carbocycles. The summed E-state index contributed by atoms with van der Waals surface area (Å²) in [4.78, 5) is 2.67. The van der Waals surface area contributed by atoms with Crippen LogP contribution in [0, 0.1) is 11.8 Å². The predicted octanol–water partition coefficient (Wildman–Crippen LogP) is 5.92. The molecule has 140 valence electrons. The van der Waals surface area contributed by atoms with E-state index in [2.05, 4.69) is 87.2 Å². The van der Waals surface area contributed by atoms with Gasteiger partial charge >= 0.3 is 0 Å². The van der Waals surface area contributed by atoms with Crippen LogP contribution in [0.4, 0.5) is 0 Å². The van der Waals surface area contributed by atoms with E-state index in [-0.39, 0.29) is 5.41 Å². The van der Waals surface area contributed by atoms with Gasteiger partial charge in [0.15, 0.2) is 0 Å². The lowest BCUT2D eigenvalue weighted by molar-refractivity contribution is 0.162. The fourth-order valence-corrected chi connectivity index (χ4v) is 4.44. The molecule has 2 aromatic carbocycles. The Morgan fingerprint density at radius 1 is 1.00 bits per heavy atom. The minimum Gasteiger partial charge on any atom is -0.303 e. The Bertz CT molecular complexity index is 671. The van der Waals surface area contributed by atoms with Crippen molar-refractivity contribution in [2.75, 3.05) is 19.6 Å². The van der Waals surface area contributed by atoms with Crippen molar-refractivity contribution < 1.29 is 0 Å². The van der Waals surface area contributed by atoms with E-state index in [1.54, 1.807) is 0 Å². The van der Waals surface area contributed by atoms with Crippen LogP contribution in [0.25, 0.3) is 0 Å². The molecule has 1 saturated heterocycles. The van der Waals surface area contributed by atoms with Gasteiger partial charge in [-0.25, -0.2) is 0 Å². The van der Waals surface area contributed by atoms with Crippen LogP contribution in [0.2, 0.25) is 0 Å². The fourth-order valence-electron chi connectivity index (χ4n) is 4.44. The van der Waals surface area contributed by atoms with Gasteiger partial charge in [0.25, 0.3) is 0 Å². The first kappa shape index (κ1) is 19.2. The van der Waals surface area contributed by atoms with Crippen LogP contribution >= 0.6 is 0 Å². The molecule has 2 unspecified atom stereocenters. The molecule has 0 aromatic heterocycles. The number of likely N-dealkylation sites (tertiary alicyclic amines) is 1. The van der Waals surface area contributed by atoms with Crippen molar-refractivity contribution in [1.29, 1.82) is 0 Å². The minimum atomic E-state index is 0.0509. The number of rotatable bonds is 6. The predicted molar refractivity (Wildman–Crippen MR) is 113 cm³/mol. The average molecular weight is 350 g/mol. The first-order chi connectivity index (χ1) is 12.4. The summed E-state index contributed by atoms with van der Waals surface area (Å²) in [7, 11) is 0. The van der Waals surface area contributed by atoms with Crippen LogP contribution in [0.5, 0.6) is 0 Å². The highest BCUT2D eigenvalue weighted by atomic mass is 15.1. The maximum absolute atomic E-state index is 2.67. The molecule has 0 saturated carbocycles. The van der Waals surface area contributed by atoms with Crippen molar-refractivity contribution in [2.45, 2.75) is 52.4 Å². The van der Waals surface area contributed by atoms with Crippen LogP contribution in [-0.2, 0) is 11.8 Å². The summed E-state index contributed by atoms with van der Waals surface area (Å²) in [5.41, 5.74) is 4.29. The molecule has 26 heavy (non-hydrogen) atoms. The molecule has 1 heteroatoms. The van der Waals surface area contributed by atoms with Crippen molar-refractivity contribution in [3.05, 3.63) is 71.3 Å². The molecule has 1 nitrogen and oxygen atoms in total. The lowest BCUT2D eigenvalue weighted by Crippen LogP contribution is -2.37. The molecule has 0 amide bonds. The molecule has 0 bridgehead atoms. The Kier molecular flexibility index (Phi) is 6.19. The molecule has 1 fully saturated rings. The summed E-state index contributed by atoms with van der Waals surface area (Å²) in [5, 5.41) is 0. The quantitative estimate of drug-likeness (QED) is 0.625. The molecule has 0 radical (unpaired) electrons. The fraction of sp³-hybridized carbons (Fsp3) is 0.520. The number of benzene rings is 2. The van der Waals surface area contributed by atoms with E-state index < -0.39 is 0 Å². The highest BCUT2D eigenvalue weighted by Crippen LogP contribution is 2.31. The lowest BCUT2D eigenvalue weighted by Gasteiger charge is -2.32. The second kappa shape index (κ2) is 8.39. The van der Waals surface area contributed by atoms with Gasteiger partial charge in [0, 0.05) is 18.5 Å². The zero-order chi connectivity index (χ0) is 18.6. The van der Waals surface area contributed by atoms with E-state index in [0.717, 1.165) is 5.92 Å². The van der Waals surface area contributed by atoms with Gasteiger partial charge < -0.3 is 4.90 Å². The van der Waals surface area contributed by atoms with Crippen molar-refractivity contribution in [3.63, 3.8) is 0 Å². The second-order valence-corrected chi connectivity index (χ2v) is 9.00. The normalized spacial score (nSPS) is 20.1. The van der Waals surface area contributed by atoms with E-state index in [0.29, 0.717) is 5.92 Å². The maximum atomic E-state index is 2.67. The largest absolute Gasteiger partial charge is 0.303 e. The van der Waals surface area contributed by atoms with Crippen molar-refractivity contribution in [1.82, 2.24) is 4.90 Å². The van der Waals surface area contributed by atoms with E-state index >= 15 is 0 Å². The van der Waals surface area contributed by atoms with Gasteiger partial charge in [0.1, 0.15) is 0 Å². The van der Waals surface area contributed by atoms with E-state index in [1.807, 2.05) is 0 Å². The van der Waals surface area contributed by atoms with E-state index in [1.165, 1.54) is 55.6 Å². The van der Waals surface area contributed by atoms with Crippen molar-refractivity contribution in [2.24, 2.45) is 11.8 Å². The average Bonchev–Trinajstić information content (AvgIpc) is 2.63. The summed E-state index contributed by atoms with van der Waals surface area (Å²) in [5.74, 6) is 1.59. The monoisotopic (exact) mass is 349 g/mol. The van der Waals surface area contributed by atoms with Gasteiger partial charge in [-0.1, -0.05) is 82.3 Å². The van der Waals surface area contributed by atoms with E-state index in [9.17, 15) is 0 Å². The van der Waals surface area contributed by atoms with Gasteiger partial charge in [0.05, 0.1) is 0 Å². The summed E-state index contributed by atoms with van der Waals surface area (Å²) in [6.07, 6.45) is 3.96. The maximum Gasteiger partial charge on any atom is 0.0146 e. The van der Waals surface area contributed by atoms with Crippen LogP contribution < -0.4 is 0 Å². The Labute approximate surface area is 160 Å². The zero-order valence-electron chi connectivity index (χ0n) is 17.0. The molecular formula is C25H35N. The third kappa shape index (κ3) is 4.76. The molecule has 2 atom stereocenters. The van der Waals surface area contributed by atoms with Gasteiger partial charge in [-0.3, -0.25) is 0 Å². The van der Waals surface area contributed by atoms with Crippen LogP contribution in [0.15, 0.2) is 54.6 Å². The highest BCUT2D eigenvalue weighted by molar-refractivity contribution is 5.38. The van der Waals surface area contributed by atoms with Gasteiger partial charge in [-0.2, -0.15) is 0 Å². The number of piperidine rings is 1. The van der Waals surface area contributed by atoms with Crippen LogP contribution in [-0.4, -0.2) is 24.5 Å². The van der Waals surface area contributed by atoms with Crippen LogP contribution in [0.1, 0.15) is 57.2 Å². The summed E-state index contributed by atoms with van der Waals surface area (Å²) < 4.78 is 0. The van der Waals surface area contributed by atoms with Crippen molar-refractivity contribution in [3.8, 4) is 0 Å². The summed E-state index contributed by atoms with van der Waals surface area (Å²) >= 11 is 0. The van der Waals surface area contributed by atoms with E-state index in [4.69, 9.17) is 0 Å². The topological polar surface area (TPSA) is 3.24 Å². The lowest BCUT2D eigenvalue weighted by atomic mass is 9.78. The van der Waals surface area contributed by atoms with Crippen LogP contribution in [0.3, 0.4) is 0 Å². The third-order valence-electron chi connectivity index (χ3n) is 6.07. The summed E-state index contributed by atoms with van der Waals surface area (Å²) in [6, 6.07) is 20.2. The SMILES string of the molecule is CC1CCCN(CC(C)Cc2ccc(C(C)(C)c3ccccc3)cc2)C1. The number of nitrogens with zero attached hydrogens (tertiary/aromatic N) is 1. The minimum absolute atomic E-state index is 0.0509. The number of hydrogen-bond acceptors (Lipinski definition) is 1. The first-order valence-corrected chi connectivity index (χ1v) is 10.3. The molecule has 0 spiro atoms. The standard InChI is InChI=1S/C25H35N/c1-20-9-8-16-26(18-20)19-21(2)17-22-12-14-24(15-13-22)25(3,4)23-10-6-5-7-11-23/h5-7,10-15,20-21H,8-9,16-19H2,1-4H3. The zero-order valence-corrected chi connectivity index (χ0v) is 17.0. The Hall–Kier alpha value is -1.60. The first-order valence-electron chi connectivity index (χ1n) is 10.3. The Morgan fingerprint density at radius 2 is 1.65 bits per heavy atom. The molecule has 1 heterocycles. The van der Waals surface area contributed by atoms with Crippen molar-refractivity contribution >= 4 is 0 Å². The van der Waals surface area contributed by atoms with Gasteiger partial charge in [-0.15, -0.1) is 0 Å². The molecule has 0 N–H and O–H groups in total.